The van der Waals surface area contributed by atoms with Gasteiger partial charge in [0.25, 0.3) is 5.56 Å². The van der Waals surface area contributed by atoms with Crippen LogP contribution in [0.5, 0.6) is 17.2 Å². The first-order valence-electron chi connectivity index (χ1n) is 24.3. The van der Waals surface area contributed by atoms with Crippen LogP contribution in [0.3, 0.4) is 0 Å². The summed E-state index contributed by atoms with van der Waals surface area (Å²) in [5.41, 5.74) is 0.753. The van der Waals surface area contributed by atoms with Crippen LogP contribution in [0.1, 0.15) is 87.1 Å². The van der Waals surface area contributed by atoms with Crippen LogP contribution < -0.4 is 35.7 Å². The number of aliphatic hydroxyl groups is 4. The molecule has 2 fully saturated rings. The second kappa shape index (κ2) is 20.9. The van der Waals surface area contributed by atoms with E-state index in [0.717, 1.165) is 16.9 Å². The molecule has 25 heteroatoms. The number of aliphatic carboxylic acids is 1. The fourth-order valence-corrected chi connectivity index (χ4v) is 9.79. The van der Waals surface area contributed by atoms with Crippen molar-refractivity contribution in [3.05, 3.63) is 68.5 Å². The van der Waals surface area contributed by atoms with E-state index >= 15 is 0 Å². The first kappa shape index (κ1) is 52.2. The first-order valence-corrected chi connectivity index (χ1v) is 24.3. The summed E-state index contributed by atoms with van der Waals surface area (Å²) < 4.78 is 35.2. The monoisotopic (exact) mass is 1040 g/mol. The SMILES string of the molecule is CCCCc1c2c(nc3cc4c(c(NC(=O)OCc5ccc(O[C@@H]6O[C@H](C(=O)O)[C@@H](O)[C@H](O)[C@H]6O)c(NC(=O)CCNC(=O)CCN6C(=O)CC(C)C6=O)c5)c13)OCO4)-c1cc3c(c(=O)n1C2)COC(=O)[C@]3(O)CC. The Bertz CT molecular complexity index is 3100. The Morgan fingerprint density at radius 3 is 2.44 bits per heavy atom. The number of hydrogen-bond donors (Lipinski definition) is 8. The number of rotatable bonds is 17. The number of unbranched alkanes of at least 4 members (excludes halogenated alkanes) is 1. The summed E-state index contributed by atoms with van der Waals surface area (Å²) in [5.74, 6) is -4.75. The highest BCUT2D eigenvalue weighted by molar-refractivity contribution is 6.07. The van der Waals surface area contributed by atoms with Gasteiger partial charge < -0.3 is 69.2 Å². The van der Waals surface area contributed by atoms with Gasteiger partial charge in [0.2, 0.25) is 36.7 Å². The van der Waals surface area contributed by atoms with Crippen LogP contribution in [0.15, 0.2) is 35.1 Å². The van der Waals surface area contributed by atoms with Crippen molar-refractivity contribution in [2.45, 2.75) is 122 Å². The van der Waals surface area contributed by atoms with Crippen LogP contribution in [0, 0.1) is 5.92 Å². The third-order valence-corrected chi connectivity index (χ3v) is 13.9. The summed E-state index contributed by atoms with van der Waals surface area (Å²) in [6.45, 7) is 4.07. The van der Waals surface area contributed by atoms with E-state index in [9.17, 15) is 63.9 Å². The van der Waals surface area contributed by atoms with Crippen LogP contribution >= 0.6 is 0 Å². The molecule has 5 aliphatic rings. The van der Waals surface area contributed by atoms with Gasteiger partial charge >= 0.3 is 18.0 Å². The summed E-state index contributed by atoms with van der Waals surface area (Å²) in [6.07, 6.45) is -9.42. The van der Waals surface area contributed by atoms with Crippen LogP contribution in [0.4, 0.5) is 16.2 Å². The maximum absolute atomic E-state index is 14.1. The molecule has 75 heavy (non-hydrogen) atoms. The normalized spacial score (nSPS) is 23.3. The molecular weight excluding hydrogens is 989 g/mol. The van der Waals surface area contributed by atoms with Gasteiger partial charge in [-0.15, -0.1) is 0 Å². The van der Waals surface area contributed by atoms with Gasteiger partial charge in [-0.25, -0.2) is 19.4 Å². The Morgan fingerprint density at radius 2 is 1.72 bits per heavy atom. The molecule has 5 amide bonds. The van der Waals surface area contributed by atoms with Gasteiger partial charge in [-0.05, 0) is 48.6 Å². The van der Waals surface area contributed by atoms with Gasteiger partial charge in [0.15, 0.2) is 23.2 Å². The highest BCUT2D eigenvalue weighted by Crippen LogP contribution is 2.49. The van der Waals surface area contributed by atoms with Gasteiger partial charge in [0, 0.05) is 60.8 Å². The second-order valence-corrected chi connectivity index (χ2v) is 18.8. The van der Waals surface area contributed by atoms with Gasteiger partial charge in [-0.1, -0.05) is 33.3 Å². The molecule has 0 aliphatic carbocycles. The summed E-state index contributed by atoms with van der Waals surface area (Å²) in [6, 6.07) is 7.29. The molecular formula is C50H54N6O19. The van der Waals surface area contributed by atoms with Crippen LogP contribution in [-0.2, 0) is 74.8 Å². The molecule has 25 nitrogen and oxygen atoms in total. The van der Waals surface area contributed by atoms with Gasteiger partial charge in [-0.3, -0.25) is 34.2 Å². The minimum atomic E-state index is -2.04. The van der Waals surface area contributed by atoms with E-state index in [1.807, 2.05) is 6.92 Å². The van der Waals surface area contributed by atoms with Gasteiger partial charge in [0.1, 0.15) is 43.0 Å². The molecule has 1 unspecified atom stereocenters. The van der Waals surface area contributed by atoms with Crippen molar-refractivity contribution in [3.63, 3.8) is 0 Å². The number of carboxylic acid groups (broad SMARTS) is 1. The number of carbonyl (C=O) groups is 7. The summed E-state index contributed by atoms with van der Waals surface area (Å²) >= 11 is 0. The van der Waals surface area contributed by atoms with Crippen molar-refractivity contribution in [2.24, 2.45) is 5.92 Å². The molecule has 0 radical (unpaired) electrons. The third-order valence-electron chi connectivity index (χ3n) is 13.9. The molecule has 8 N–H and O–H groups in total. The van der Waals surface area contributed by atoms with Crippen molar-refractivity contribution in [2.75, 3.05) is 30.5 Å². The van der Waals surface area contributed by atoms with Crippen molar-refractivity contribution in [1.82, 2.24) is 19.8 Å². The minimum Gasteiger partial charge on any atom is -0.479 e. The van der Waals surface area contributed by atoms with E-state index in [4.69, 9.17) is 33.4 Å². The molecule has 398 valence electrons. The topological polar surface area (TPSA) is 350 Å². The Labute approximate surface area is 425 Å². The predicted molar refractivity (Wildman–Crippen MR) is 256 cm³/mol. The molecule has 5 aliphatic heterocycles. The molecule has 0 saturated carbocycles. The fraction of sp³-hybridized carbons (Fsp3) is 0.460. The number of esters is 1. The Morgan fingerprint density at radius 1 is 0.933 bits per heavy atom. The number of nitrogens with one attached hydrogen (secondary N) is 3. The molecule has 0 bridgehead atoms. The number of fused-ring (bicyclic) bond motifs is 6. The van der Waals surface area contributed by atoms with E-state index < -0.39 is 84.2 Å². The molecule has 2 saturated heterocycles. The molecule has 4 aromatic rings. The van der Waals surface area contributed by atoms with E-state index in [2.05, 4.69) is 16.0 Å². The Hall–Kier alpha value is -7.71. The van der Waals surface area contributed by atoms with E-state index in [1.54, 1.807) is 26.0 Å². The van der Waals surface area contributed by atoms with Gasteiger partial charge in [0.05, 0.1) is 34.7 Å². The first-order chi connectivity index (χ1) is 35.8. The number of aliphatic hydroxyl groups excluding tert-OH is 3. The number of pyridine rings is 2. The molecule has 0 spiro atoms. The van der Waals surface area contributed by atoms with Crippen molar-refractivity contribution in [3.8, 4) is 28.6 Å². The number of aromatic nitrogens is 2. The standard InChI is InChI=1S/C50H54N6O19/c1-4-6-7-24-25-18-56-30(16-27-26(45(56)64)20-70-48(67)50(27,69)5-2)37(25)53-29-17-32-42(73-21-72-32)38(36(24)29)54-49(68)71-19-23-8-9-31(74-47-41(62)39(60)40(61)43(75-47)46(65)66)28(15-23)52-34(58)10-12-51-33(57)11-13-55-35(59)14-22(3)44(55)63/h8-9,15-17,22,39-41,43,47,60-62,69H,4-7,10-14,18-21H2,1-3H3,(H,51,57)(H,52,58)(H,54,68)(H,65,66)/t22?,39-,40-,41+,43-,47+,50-/m0/s1. The van der Waals surface area contributed by atoms with Crippen LogP contribution in [0.25, 0.3) is 22.3 Å². The number of hydrogen-bond acceptors (Lipinski definition) is 19. The summed E-state index contributed by atoms with van der Waals surface area (Å²) in [5, 5.41) is 60.8. The zero-order valence-electron chi connectivity index (χ0n) is 40.8. The lowest BCUT2D eigenvalue weighted by molar-refractivity contribution is -0.271. The molecule has 9 rings (SSSR count). The van der Waals surface area contributed by atoms with Crippen LogP contribution in [-0.4, -0.2) is 132 Å². The molecule has 7 atom stereocenters. The lowest BCUT2D eigenvalue weighted by Gasteiger charge is -2.38. The van der Waals surface area contributed by atoms with Gasteiger partial charge in [-0.2, -0.15) is 0 Å². The zero-order chi connectivity index (χ0) is 53.6. The smallest absolute Gasteiger partial charge is 0.412 e. The average Bonchev–Trinajstić information content (AvgIpc) is 4.08. The van der Waals surface area contributed by atoms with Crippen molar-refractivity contribution >= 4 is 63.9 Å². The fourth-order valence-electron chi connectivity index (χ4n) is 9.79. The minimum absolute atomic E-state index is 0.0383. The number of nitrogens with zero attached hydrogens (tertiary/aromatic N) is 3. The lowest BCUT2D eigenvalue weighted by atomic mass is 9.86. The van der Waals surface area contributed by atoms with E-state index in [1.165, 1.54) is 22.8 Å². The summed E-state index contributed by atoms with van der Waals surface area (Å²) in [7, 11) is 0. The number of cyclic esters (lactones) is 1. The average molecular weight is 1040 g/mol. The van der Waals surface area contributed by atoms with Crippen molar-refractivity contribution < 1.29 is 87.5 Å². The van der Waals surface area contributed by atoms with Crippen molar-refractivity contribution in [1.29, 1.82) is 0 Å². The maximum atomic E-state index is 14.1. The van der Waals surface area contributed by atoms with Crippen LogP contribution in [0.2, 0.25) is 0 Å². The van der Waals surface area contributed by atoms with E-state index in [0.29, 0.717) is 40.7 Å². The number of ether oxygens (including phenoxy) is 6. The summed E-state index contributed by atoms with van der Waals surface area (Å²) in [4.78, 5) is 109. The zero-order valence-corrected chi connectivity index (χ0v) is 40.8. The highest BCUT2D eigenvalue weighted by Gasteiger charge is 2.49. The molecule has 2 aromatic heterocycles. The third kappa shape index (κ3) is 9.79. The predicted octanol–water partition coefficient (Wildman–Crippen LogP) is 1.40. The van der Waals surface area contributed by atoms with E-state index in [-0.39, 0.29) is 116 Å². The molecule has 2 aromatic carbocycles. The lowest BCUT2D eigenvalue weighted by Crippen LogP contribution is -2.61. The number of carboxylic acids is 1. The number of likely N-dealkylation sites (tertiary alicyclic amines) is 1. The number of carbonyl (C=O) groups excluding carboxylic acids is 6. The Balaban J connectivity index is 0.961. The Kier molecular flexibility index (Phi) is 14.5. The number of amides is 5. The maximum Gasteiger partial charge on any atom is 0.412 e. The molecule has 7 heterocycles. The number of imide groups is 1. The number of benzene rings is 2. The number of aryl methyl sites for hydroxylation is 1. The second-order valence-electron chi connectivity index (χ2n) is 18.8. The highest BCUT2D eigenvalue weighted by atomic mass is 16.7. The quantitative estimate of drug-likeness (QED) is 0.0482. The largest absolute Gasteiger partial charge is 0.479 e. The number of anilines is 2.